The molecule has 0 spiro atoms. The molecule has 0 radical (unpaired) electrons. The van der Waals surface area contributed by atoms with Crippen LogP contribution in [0.5, 0.6) is 0 Å². The lowest BCUT2D eigenvalue weighted by atomic mass is 10.3. The summed E-state index contributed by atoms with van der Waals surface area (Å²) in [7, 11) is 0. The van der Waals surface area contributed by atoms with E-state index in [2.05, 4.69) is 29.5 Å². The zero-order valence-electron chi connectivity index (χ0n) is 11.5. The van der Waals surface area contributed by atoms with Gasteiger partial charge in [-0.05, 0) is 32.4 Å². The van der Waals surface area contributed by atoms with Gasteiger partial charge in [-0.25, -0.2) is 4.68 Å². The van der Waals surface area contributed by atoms with E-state index in [9.17, 15) is 4.79 Å². The molecule has 4 nitrogen and oxygen atoms in total. The molecular weight excluding hydrogens is 258 g/mol. The molecule has 0 aliphatic rings. The maximum atomic E-state index is 12.0. The Hall–Kier alpha value is -1.62. The summed E-state index contributed by atoms with van der Waals surface area (Å²) in [6.07, 6.45) is 2.74. The summed E-state index contributed by atoms with van der Waals surface area (Å²) >= 11 is 1.74. The second-order valence-electron chi connectivity index (χ2n) is 4.76. The monoisotopic (exact) mass is 277 g/mol. The minimum absolute atomic E-state index is 0.0721. The van der Waals surface area contributed by atoms with E-state index < -0.39 is 0 Å². The Morgan fingerprint density at radius 2 is 2.11 bits per heavy atom. The van der Waals surface area contributed by atoms with E-state index in [0.717, 1.165) is 17.0 Å². The van der Waals surface area contributed by atoms with Gasteiger partial charge in [0.05, 0.1) is 18.4 Å². The molecule has 0 amide bonds. The summed E-state index contributed by atoms with van der Waals surface area (Å²) in [5, 5.41) is 7.39. The van der Waals surface area contributed by atoms with Crippen molar-refractivity contribution in [3.8, 4) is 0 Å². The van der Waals surface area contributed by atoms with Crippen LogP contribution in [0.15, 0.2) is 29.2 Å². The maximum absolute atomic E-state index is 12.0. The number of thiophene rings is 1. The molecule has 0 atom stereocenters. The van der Waals surface area contributed by atoms with Gasteiger partial charge in [0, 0.05) is 21.9 Å². The van der Waals surface area contributed by atoms with Crippen molar-refractivity contribution in [2.45, 2.75) is 39.8 Å². The zero-order chi connectivity index (χ0) is 13.8. The van der Waals surface area contributed by atoms with Gasteiger partial charge < -0.3 is 5.32 Å². The summed E-state index contributed by atoms with van der Waals surface area (Å²) < 4.78 is 1.50. The van der Waals surface area contributed by atoms with Gasteiger partial charge in [-0.2, -0.15) is 5.10 Å². The molecule has 2 heterocycles. The third-order valence-corrected chi connectivity index (χ3v) is 3.91. The molecule has 0 bridgehead atoms. The largest absolute Gasteiger partial charge is 0.381 e. The number of rotatable bonds is 5. The summed E-state index contributed by atoms with van der Waals surface area (Å²) in [5.41, 5.74) is 0.703. The average molecular weight is 277 g/mol. The molecular formula is C14H19N3OS. The standard InChI is InChI=1S/C14H19N3OS/c1-4-12-5-6-13(19-12)9-17-14(18)7-11(8-15-17)16-10(2)3/h5-8,10,16H,4,9H2,1-3H3. The lowest BCUT2D eigenvalue weighted by molar-refractivity contribution is 0.645. The van der Waals surface area contributed by atoms with E-state index in [0.29, 0.717) is 12.6 Å². The first-order chi connectivity index (χ1) is 9.08. The Balaban J connectivity index is 2.15. The van der Waals surface area contributed by atoms with Gasteiger partial charge >= 0.3 is 0 Å². The molecule has 19 heavy (non-hydrogen) atoms. The van der Waals surface area contributed by atoms with Crippen molar-refractivity contribution in [1.29, 1.82) is 0 Å². The van der Waals surface area contributed by atoms with Crippen molar-refractivity contribution in [1.82, 2.24) is 9.78 Å². The highest BCUT2D eigenvalue weighted by Gasteiger charge is 2.04. The maximum Gasteiger partial charge on any atom is 0.269 e. The summed E-state index contributed by atoms with van der Waals surface area (Å²) in [6, 6.07) is 6.07. The second kappa shape index (κ2) is 6.02. The minimum Gasteiger partial charge on any atom is -0.381 e. The first-order valence-corrected chi connectivity index (χ1v) is 7.31. The first-order valence-electron chi connectivity index (χ1n) is 6.49. The lowest BCUT2D eigenvalue weighted by Crippen LogP contribution is -2.23. The highest BCUT2D eigenvalue weighted by molar-refractivity contribution is 7.11. The van der Waals surface area contributed by atoms with Crippen LogP contribution in [0.1, 0.15) is 30.5 Å². The molecule has 0 saturated carbocycles. The van der Waals surface area contributed by atoms with Gasteiger partial charge in [-0.15, -0.1) is 11.3 Å². The Kier molecular flexibility index (Phi) is 4.37. The van der Waals surface area contributed by atoms with Crippen LogP contribution in [-0.2, 0) is 13.0 Å². The molecule has 0 aliphatic heterocycles. The molecule has 0 unspecified atom stereocenters. The molecule has 0 saturated heterocycles. The van der Waals surface area contributed by atoms with Crippen molar-refractivity contribution in [3.63, 3.8) is 0 Å². The lowest BCUT2D eigenvalue weighted by Gasteiger charge is -2.10. The van der Waals surface area contributed by atoms with E-state index in [4.69, 9.17) is 0 Å². The summed E-state index contributed by atoms with van der Waals surface area (Å²) in [6.45, 7) is 6.74. The van der Waals surface area contributed by atoms with Crippen molar-refractivity contribution in [3.05, 3.63) is 44.5 Å². The fourth-order valence-electron chi connectivity index (χ4n) is 1.81. The molecule has 5 heteroatoms. The van der Waals surface area contributed by atoms with E-state index in [-0.39, 0.29) is 5.56 Å². The van der Waals surface area contributed by atoms with Crippen molar-refractivity contribution in [2.75, 3.05) is 5.32 Å². The van der Waals surface area contributed by atoms with Crippen LogP contribution in [0.3, 0.4) is 0 Å². The summed E-state index contributed by atoms with van der Waals surface area (Å²) in [4.78, 5) is 14.5. The Labute approximate surface area is 117 Å². The quantitative estimate of drug-likeness (QED) is 0.914. The Bertz CT molecular complexity index is 601. The van der Waals surface area contributed by atoms with Gasteiger partial charge in [0.2, 0.25) is 0 Å². The molecule has 1 N–H and O–H groups in total. The molecule has 102 valence electrons. The molecule has 0 aliphatic carbocycles. The van der Waals surface area contributed by atoms with Gasteiger partial charge in [-0.3, -0.25) is 4.79 Å². The van der Waals surface area contributed by atoms with Crippen molar-refractivity contribution < 1.29 is 0 Å². The van der Waals surface area contributed by atoms with Crippen LogP contribution in [0.2, 0.25) is 0 Å². The Morgan fingerprint density at radius 3 is 2.68 bits per heavy atom. The molecule has 2 rings (SSSR count). The molecule has 2 aromatic rings. The number of nitrogens with one attached hydrogen (secondary N) is 1. The smallest absolute Gasteiger partial charge is 0.269 e. The van der Waals surface area contributed by atoms with E-state index in [1.54, 1.807) is 23.6 Å². The molecule has 2 aromatic heterocycles. The van der Waals surface area contributed by atoms with Crippen LogP contribution < -0.4 is 10.9 Å². The third kappa shape index (κ3) is 3.67. The normalized spacial score (nSPS) is 10.9. The highest BCUT2D eigenvalue weighted by Crippen LogP contribution is 2.17. The fraction of sp³-hybridized carbons (Fsp3) is 0.429. The SMILES string of the molecule is CCc1ccc(Cn2ncc(NC(C)C)cc2=O)s1. The number of nitrogens with zero attached hydrogens (tertiary/aromatic N) is 2. The average Bonchev–Trinajstić information content (AvgIpc) is 2.80. The highest BCUT2D eigenvalue weighted by atomic mass is 32.1. The van der Waals surface area contributed by atoms with Crippen LogP contribution in [0.25, 0.3) is 0 Å². The minimum atomic E-state index is -0.0721. The molecule has 0 fully saturated rings. The zero-order valence-corrected chi connectivity index (χ0v) is 12.3. The summed E-state index contributed by atoms with van der Waals surface area (Å²) in [5.74, 6) is 0. The van der Waals surface area contributed by atoms with Crippen molar-refractivity contribution >= 4 is 17.0 Å². The van der Waals surface area contributed by atoms with Crippen molar-refractivity contribution in [2.24, 2.45) is 0 Å². The van der Waals surface area contributed by atoms with Gasteiger partial charge in [0.15, 0.2) is 0 Å². The second-order valence-corrected chi connectivity index (χ2v) is 6.01. The van der Waals surface area contributed by atoms with E-state index in [1.807, 2.05) is 13.8 Å². The van der Waals surface area contributed by atoms with Gasteiger partial charge in [0.1, 0.15) is 0 Å². The van der Waals surface area contributed by atoms with Gasteiger partial charge in [0.25, 0.3) is 5.56 Å². The van der Waals surface area contributed by atoms with E-state index >= 15 is 0 Å². The number of hydrogen-bond acceptors (Lipinski definition) is 4. The fourth-order valence-corrected chi connectivity index (χ4v) is 2.75. The predicted molar refractivity (Wildman–Crippen MR) is 80.1 cm³/mol. The number of aryl methyl sites for hydroxylation is 1. The van der Waals surface area contributed by atoms with Crippen LogP contribution >= 0.6 is 11.3 Å². The number of aromatic nitrogens is 2. The first kappa shape index (κ1) is 13.8. The van der Waals surface area contributed by atoms with Crippen LogP contribution in [-0.4, -0.2) is 15.8 Å². The number of anilines is 1. The van der Waals surface area contributed by atoms with E-state index in [1.165, 1.54) is 9.56 Å². The topological polar surface area (TPSA) is 46.9 Å². The van der Waals surface area contributed by atoms with Crippen LogP contribution in [0, 0.1) is 0 Å². The third-order valence-electron chi connectivity index (χ3n) is 2.70. The predicted octanol–water partition coefficient (Wildman–Crippen LogP) is 2.74. The molecule has 0 aromatic carbocycles. The Morgan fingerprint density at radius 1 is 1.37 bits per heavy atom. The number of hydrogen-bond donors (Lipinski definition) is 1. The van der Waals surface area contributed by atoms with Crippen LogP contribution in [0.4, 0.5) is 5.69 Å². The van der Waals surface area contributed by atoms with Gasteiger partial charge in [-0.1, -0.05) is 6.92 Å².